The summed E-state index contributed by atoms with van der Waals surface area (Å²) in [5, 5.41) is 6.38. The van der Waals surface area contributed by atoms with Crippen molar-refractivity contribution < 1.29 is 23.5 Å². The highest BCUT2D eigenvalue weighted by Crippen LogP contribution is 2.34. The Morgan fingerprint density at radius 3 is 2.59 bits per heavy atom. The highest BCUT2D eigenvalue weighted by molar-refractivity contribution is 6.30. The van der Waals surface area contributed by atoms with E-state index in [9.17, 15) is 14.4 Å². The maximum absolute atomic E-state index is 13.0. The van der Waals surface area contributed by atoms with E-state index >= 15 is 0 Å². The first kappa shape index (κ1) is 20.8. The van der Waals surface area contributed by atoms with Gasteiger partial charge in [-0.05, 0) is 43.7 Å². The van der Waals surface area contributed by atoms with Crippen LogP contribution in [0.15, 0.2) is 52.2 Å². The lowest BCUT2D eigenvalue weighted by Crippen LogP contribution is -2.37. The Balaban J connectivity index is 1.78. The van der Waals surface area contributed by atoms with Crippen molar-refractivity contribution in [2.75, 3.05) is 0 Å². The molecule has 152 valence electrons. The maximum atomic E-state index is 13.0. The summed E-state index contributed by atoms with van der Waals surface area (Å²) in [5.74, 6) is -0.597. The molecule has 1 aliphatic heterocycles. The monoisotopic (exact) mass is 416 g/mol. The van der Waals surface area contributed by atoms with Crippen LogP contribution in [0.5, 0.6) is 0 Å². The summed E-state index contributed by atoms with van der Waals surface area (Å²) in [6, 6.07) is 10.2. The number of carbonyl (C=O) groups excluding carboxylic acids is 3. The van der Waals surface area contributed by atoms with Gasteiger partial charge in [0.15, 0.2) is 6.10 Å². The summed E-state index contributed by atoms with van der Waals surface area (Å²) < 4.78 is 10.7. The number of Topliss-reactive ketones (excluding diaryl/α,β-unsaturated/α-hetero) is 1. The van der Waals surface area contributed by atoms with Crippen molar-refractivity contribution in [2.24, 2.45) is 5.10 Å². The van der Waals surface area contributed by atoms with E-state index < -0.39 is 24.0 Å². The average Bonchev–Trinajstić information content (AvgIpc) is 3.36. The van der Waals surface area contributed by atoms with E-state index in [-0.39, 0.29) is 18.6 Å². The van der Waals surface area contributed by atoms with Crippen molar-refractivity contribution in [3.63, 3.8) is 0 Å². The predicted octanol–water partition coefficient (Wildman–Crippen LogP) is 3.91. The molecule has 0 aliphatic carbocycles. The number of benzene rings is 1. The zero-order chi connectivity index (χ0) is 21.0. The smallest absolute Gasteiger partial charge is 0.307 e. The molecule has 7 nitrogen and oxygen atoms in total. The number of halogens is 1. The van der Waals surface area contributed by atoms with Crippen LogP contribution in [0.25, 0.3) is 0 Å². The summed E-state index contributed by atoms with van der Waals surface area (Å²) in [7, 11) is 0. The van der Waals surface area contributed by atoms with Crippen LogP contribution in [0.3, 0.4) is 0 Å². The quantitative estimate of drug-likeness (QED) is 0.638. The van der Waals surface area contributed by atoms with Gasteiger partial charge in [-0.15, -0.1) is 0 Å². The third-order valence-electron chi connectivity index (χ3n) is 4.52. The third kappa shape index (κ3) is 5.12. The molecular weight excluding hydrogens is 396 g/mol. The Bertz CT molecular complexity index is 921. The minimum absolute atomic E-state index is 0.0616. The number of hydrogen-bond acceptors (Lipinski definition) is 6. The van der Waals surface area contributed by atoms with E-state index in [0.717, 1.165) is 5.56 Å². The molecule has 1 aliphatic rings. The first-order valence-corrected chi connectivity index (χ1v) is 9.61. The largest absolute Gasteiger partial charge is 0.467 e. The van der Waals surface area contributed by atoms with Gasteiger partial charge in [0.05, 0.1) is 18.4 Å². The molecule has 0 radical (unpaired) electrons. The minimum Gasteiger partial charge on any atom is -0.467 e. The molecule has 1 aromatic carbocycles. The molecule has 0 unspecified atom stereocenters. The molecule has 8 heteroatoms. The van der Waals surface area contributed by atoms with Gasteiger partial charge >= 0.3 is 5.97 Å². The molecule has 0 spiro atoms. The first-order chi connectivity index (χ1) is 13.8. The Morgan fingerprint density at radius 1 is 1.24 bits per heavy atom. The summed E-state index contributed by atoms with van der Waals surface area (Å²) in [6.45, 7) is 2.88. The van der Waals surface area contributed by atoms with Gasteiger partial charge in [-0.3, -0.25) is 9.59 Å². The van der Waals surface area contributed by atoms with Crippen LogP contribution >= 0.6 is 11.6 Å². The highest BCUT2D eigenvalue weighted by Gasteiger charge is 2.37. The molecule has 0 saturated heterocycles. The van der Waals surface area contributed by atoms with Gasteiger partial charge in [-0.2, -0.15) is 5.10 Å². The second kappa shape index (κ2) is 9.05. The Hall–Kier alpha value is -2.93. The molecular formula is C21H21ClN2O5. The van der Waals surface area contributed by atoms with E-state index in [1.54, 1.807) is 24.3 Å². The molecule has 1 aromatic heterocycles. The van der Waals surface area contributed by atoms with Gasteiger partial charge in [0, 0.05) is 17.9 Å². The average molecular weight is 417 g/mol. The van der Waals surface area contributed by atoms with Crippen molar-refractivity contribution in [1.29, 1.82) is 0 Å². The van der Waals surface area contributed by atoms with Gasteiger partial charge in [0.25, 0.3) is 5.91 Å². The fourth-order valence-electron chi connectivity index (χ4n) is 3.00. The zero-order valence-electron chi connectivity index (χ0n) is 16.1. The summed E-state index contributed by atoms with van der Waals surface area (Å²) in [6.07, 6.45) is 0.959. The lowest BCUT2D eigenvalue weighted by atomic mass is 10.0. The van der Waals surface area contributed by atoms with E-state index in [2.05, 4.69) is 5.10 Å². The van der Waals surface area contributed by atoms with Crippen molar-refractivity contribution in [2.45, 2.75) is 45.3 Å². The van der Waals surface area contributed by atoms with Crippen molar-refractivity contribution >= 4 is 35.0 Å². The van der Waals surface area contributed by atoms with Gasteiger partial charge in [-0.1, -0.05) is 23.7 Å². The van der Waals surface area contributed by atoms with Gasteiger partial charge in [0.2, 0.25) is 0 Å². The summed E-state index contributed by atoms with van der Waals surface area (Å²) >= 11 is 5.95. The lowest BCUT2D eigenvalue weighted by Gasteiger charge is -2.23. The molecule has 0 bridgehead atoms. The van der Waals surface area contributed by atoms with E-state index in [1.807, 2.05) is 12.1 Å². The SMILES string of the molecule is CC(=O)CCC(=O)O[C@@H](C)C(=O)N1N=C(c2ccc(Cl)cc2)C[C@@H]1c1ccco1. The van der Waals surface area contributed by atoms with E-state index in [0.29, 0.717) is 22.9 Å². The number of ether oxygens (including phenoxy) is 1. The molecule has 3 rings (SSSR count). The van der Waals surface area contributed by atoms with Gasteiger partial charge < -0.3 is 13.9 Å². The summed E-state index contributed by atoms with van der Waals surface area (Å²) in [4.78, 5) is 35.9. The Morgan fingerprint density at radius 2 is 1.97 bits per heavy atom. The molecule has 2 heterocycles. The highest BCUT2D eigenvalue weighted by atomic mass is 35.5. The topological polar surface area (TPSA) is 89.2 Å². The van der Waals surface area contributed by atoms with E-state index in [4.69, 9.17) is 20.8 Å². The molecule has 0 fully saturated rings. The van der Waals surface area contributed by atoms with Crippen LogP contribution in [0.4, 0.5) is 0 Å². The number of amides is 1. The molecule has 2 atom stereocenters. The zero-order valence-corrected chi connectivity index (χ0v) is 16.9. The number of rotatable bonds is 7. The van der Waals surface area contributed by atoms with Crippen LogP contribution < -0.4 is 0 Å². The van der Waals surface area contributed by atoms with Crippen LogP contribution in [0, 0.1) is 0 Å². The molecule has 0 N–H and O–H groups in total. The van der Waals surface area contributed by atoms with Crippen LogP contribution in [0.1, 0.15) is 50.5 Å². The number of furan rings is 1. The molecule has 0 saturated carbocycles. The Kier molecular flexibility index (Phi) is 6.49. The third-order valence-corrected chi connectivity index (χ3v) is 4.77. The van der Waals surface area contributed by atoms with Crippen LogP contribution in [-0.2, 0) is 19.1 Å². The number of carbonyl (C=O) groups is 3. The van der Waals surface area contributed by atoms with Crippen LogP contribution in [-0.4, -0.2) is 34.5 Å². The predicted molar refractivity (Wildman–Crippen MR) is 106 cm³/mol. The normalized spacial score (nSPS) is 17.0. The second-order valence-electron chi connectivity index (χ2n) is 6.81. The molecule has 1 amide bonds. The lowest BCUT2D eigenvalue weighted by molar-refractivity contribution is -0.160. The maximum Gasteiger partial charge on any atom is 0.307 e. The fraction of sp³-hybridized carbons (Fsp3) is 0.333. The second-order valence-corrected chi connectivity index (χ2v) is 7.24. The first-order valence-electron chi connectivity index (χ1n) is 9.24. The molecule has 29 heavy (non-hydrogen) atoms. The van der Waals surface area contributed by atoms with Gasteiger partial charge in [0.1, 0.15) is 17.6 Å². The number of esters is 1. The Labute approximate surface area is 173 Å². The molecule has 2 aromatic rings. The number of hydrogen-bond donors (Lipinski definition) is 0. The van der Waals surface area contributed by atoms with Crippen molar-refractivity contribution in [3.8, 4) is 0 Å². The number of nitrogens with zero attached hydrogens (tertiary/aromatic N) is 2. The standard InChI is InChI=1S/C21H21ClN2O5/c1-13(25)5-10-20(26)29-14(2)21(27)24-18(19-4-3-11-28-19)12-17(23-24)15-6-8-16(22)9-7-15/h3-4,6-9,11,14,18H,5,10,12H2,1-2H3/t14-,18+/m0/s1. The van der Waals surface area contributed by atoms with Crippen molar-refractivity contribution in [1.82, 2.24) is 5.01 Å². The number of hydrazone groups is 1. The summed E-state index contributed by atoms with van der Waals surface area (Å²) in [5.41, 5.74) is 1.54. The van der Waals surface area contributed by atoms with E-state index in [1.165, 1.54) is 25.1 Å². The van der Waals surface area contributed by atoms with Gasteiger partial charge in [-0.25, -0.2) is 5.01 Å². The van der Waals surface area contributed by atoms with Crippen LogP contribution in [0.2, 0.25) is 5.02 Å². The fourth-order valence-corrected chi connectivity index (χ4v) is 3.13. The minimum atomic E-state index is -1.04. The van der Waals surface area contributed by atoms with Crippen molar-refractivity contribution in [3.05, 3.63) is 59.0 Å². The number of ketones is 1.